The van der Waals surface area contributed by atoms with E-state index in [1.165, 1.54) is 5.56 Å². The summed E-state index contributed by atoms with van der Waals surface area (Å²) in [5, 5.41) is 20.3. The van der Waals surface area contributed by atoms with Gasteiger partial charge in [-0.15, -0.1) is 0 Å². The number of aliphatic hydroxyl groups is 1. The van der Waals surface area contributed by atoms with Crippen molar-refractivity contribution < 1.29 is 19.7 Å². The molecule has 1 aromatic carbocycles. The Hall–Kier alpha value is -2.67. The second kappa shape index (κ2) is 10.5. The van der Waals surface area contributed by atoms with Gasteiger partial charge in [0.05, 0.1) is 13.2 Å². The van der Waals surface area contributed by atoms with Gasteiger partial charge in [-0.25, -0.2) is 4.98 Å². The molecule has 2 aliphatic carbocycles. The third-order valence-corrected chi connectivity index (χ3v) is 6.87. The summed E-state index contributed by atoms with van der Waals surface area (Å²) in [7, 11) is 0. The first-order chi connectivity index (χ1) is 16.1. The molecule has 0 aliphatic heterocycles. The number of hydrogen-bond acceptors (Lipinski definition) is 6. The summed E-state index contributed by atoms with van der Waals surface area (Å²) < 4.78 is 5.81. The number of amides is 1. The predicted molar refractivity (Wildman–Crippen MR) is 126 cm³/mol. The van der Waals surface area contributed by atoms with Crippen molar-refractivity contribution in [1.82, 2.24) is 14.9 Å². The maximum Gasteiger partial charge on any atom is 0.276 e. The number of hydrogen-bond donors (Lipinski definition) is 2. The van der Waals surface area contributed by atoms with Crippen LogP contribution in [-0.4, -0.2) is 56.8 Å². The van der Waals surface area contributed by atoms with Gasteiger partial charge in [0.1, 0.15) is 5.82 Å². The highest BCUT2D eigenvalue weighted by Crippen LogP contribution is 2.44. The maximum atomic E-state index is 13.5. The van der Waals surface area contributed by atoms with Gasteiger partial charge >= 0.3 is 0 Å². The van der Waals surface area contributed by atoms with Crippen LogP contribution in [-0.2, 0) is 11.8 Å². The standard InChI is InChI=1S/C26H35N3O4/c1-2-3-17-33-23-22(25(32)29(15-16-30)20-11-12-20)27-21(28-24(23)31)18-26(13-7-8-14-26)19-9-5-4-6-10-19/h4-6,9-10,20,30H,2-3,7-8,11-18H2,1H3,(H,27,28,31). The summed E-state index contributed by atoms with van der Waals surface area (Å²) in [6.07, 6.45) is 8.45. The van der Waals surface area contributed by atoms with Crippen LogP contribution in [0.3, 0.4) is 0 Å². The first kappa shape index (κ1) is 23.5. The third-order valence-electron chi connectivity index (χ3n) is 6.87. The van der Waals surface area contributed by atoms with Gasteiger partial charge in [0.15, 0.2) is 5.69 Å². The van der Waals surface area contributed by atoms with Crippen molar-refractivity contribution in [3.63, 3.8) is 0 Å². The van der Waals surface area contributed by atoms with E-state index in [1.54, 1.807) is 4.90 Å². The molecule has 7 heteroatoms. The monoisotopic (exact) mass is 453 g/mol. The van der Waals surface area contributed by atoms with Crippen molar-refractivity contribution in [3.05, 3.63) is 47.4 Å². The molecule has 178 valence electrons. The minimum absolute atomic E-state index is 0.0565. The van der Waals surface area contributed by atoms with Crippen molar-refractivity contribution in [1.29, 1.82) is 0 Å². The normalized spacial score (nSPS) is 17.2. The van der Waals surface area contributed by atoms with Crippen LogP contribution in [0.2, 0.25) is 0 Å². The Balaban J connectivity index is 1.69. The lowest BCUT2D eigenvalue weighted by atomic mass is 9.76. The summed E-state index contributed by atoms with van der Waals surface area (Å²) >= 11 is 0. The number of nitrogens with zero attached hydrogens (tertiary/aromatic N) is 3. The Morgan fingerprint density at radius 3 is 2.55 bits per heavy atom. The average Bonchev–Trinajstić information content (AvgIpc) is 3.56. The van der Waals surface area contributed by atoms with E-state index in [4.69, 9.17) is 9.72 Å². The minimum atomic E-state index is -0.308. The molecule has 1 heterocycles. The molecule has 33 heavy (non-hydrogen) atoms. The lowest BCUT2D eigenvalue weighted by molar-refractivity contribution is 0.0694. The Morgan fingerprint density at radius 2 is 1.91 bits per heavy atom. The van der Waals surface area contributed by atoms with Gasteiger partial charge in [0.25, 0.3) is 11.8 Å². The zero-order chi connectivity index (χ0) is 23.3. The number of carbonyl (C=O) groups is 1. The molecule has 2 aliphatic rings. The molecule has 0 spiro atoms. The topological polar surface area (TPSA) is 95.8 Å². The summed E-state index contributed by atoms with van der Waals surface area (Å²) in [4.78, 5) is 24.2. The summed E-state index contributed by atoms with van der Waals surface area (Å²) in [5.41, 5.74) is 1.26. The largest absolute Gasteiger partial charge is 0.491 e. The Labute approximate surface area is 195 Å². The number of aliphatic hydroxyl groups excluding tert-OH is 1. The minimum Gasteiger partial charge on any atom is -0.491 e. The van der Waals surface area contributed by atoms with Gasteiger partial charge < -0.3 is 19.8 Å². The molecule has 1 aromatic heterocycles. The van der Waals surface area contributed by atoms with Crippen LogP contribution in [0.15, 0.2) is 30.3 Å². The summed E-state index contributed by atoms with van der Waals surface area (Å²) in [6.45, 7) is 2.56. The molecule has 0 bridgehead atoms. The molecule has 2 saturated carbocycles. The molecular formula is C26H35N3O4. The first-order valence-corrected chi connectivity index (χ1v) is 12.3. The number of ether oxygens (including phenoxy) is 1. The maximum absolute atomic E-state index is 13.5. The van der Waals surface area contributed by atoms with Gasteiger partial charge in [0.2, 0.25) is 5.75 Å². The number of aromatic hydroxyl groups is 1. The van der Waals surface area contributed by atoms with Crippen molar-refractivity contribution in [2.45, 2.75) is 76.2 Å². The van der Waals surface area contributed by atoms with E-state index in [9.17, 15) is 15.0 Å². The SMILES string of the molecule is CCCCOc1c(O)nc(CC2(c3ccccc3)CCCC2)nc1C(=O)N(CCO)C1CC1. The Bertz CT molecular complexity index is 940. The molecule has 7 nitrogen and oxygen atoms in total. The first-order valence-electron chi connectivity index (χ1n) is 12.3. The van der Waals surface area contributed by atoms with Gasteiger partial charge in [0, 0.05) is 24.4 Å². The van der Waals surface area contributed by atoms with Crippen LogP contribution in [0.5, 0.6) is 11.6 Å². The molecule has 0 saturated heterocycles. The number of unbranched alkanes of at least 4 members (excludes halogenated alkanes) is 1. The molecule has 4 rings (SSSR count). The highest BCUT2D eigenvalue weighted by Gasteiger charge is 2.39. The van der Waals surface area contributed by atoms with Crippen molar-refractivity contribution in [2.24, 2.45) is 0 Å². The number of carbonyl (C=O) groups excluding carboxylic acids is 1. The van der Waals surface area contributed by atoms with E-state index in [2.05, 4.69) is 36.2 Å². The molecule has 0 radical (unpaired) electrons. The lowest BCUT2D eigenvalue weighted by Gasteiger charge is -2.29. The van der Waals surface area contributed by atoms with E-state index in [0.29, 0.717) is 18.9 Å². The fourth-order valence-electron chi connectivity index (χ4n) is 4.95. The van der Waals surface area contributed by atoms with Gasteiger partial charge in [-0.1, -0.05) is 56.5 Å². The van der Waals surface area contributed by atoms with Crippen LogP contribution in [0.25, 0.3) is 0 Å². The summed E-state index contributed by atoms with van der Waals surface area (Å²) in [6, 6.07) is 10.5. The molecule has 0 atom stereocenters. The van der Waals surface area contributed by atoms with Crippen LogP contribution >= 0.6 is 0 Å². The van der Waals surface area contributed by atoms with Gasteiger partial charge in [-0.05, 0) is 37.7 Å². The zero-order valence-electron chi connectivity index (χ0n) is 19.5. The van der Waals surface area contributed by atoms with Gasteiger partial charge in [-0.2, -0.15) is 4.98 Å². The molecule has 0 unspecified atom stereocenters. The second-order valence-electron chi connectivity index (χ2n) is 9.33. The van der Waals surface area contributed by atoms with E-state index in [0.717, 1.165) is 51.4 Å². The smallest absolute Gasteiger partial charge is 0.276 e. The third kappa shape index (κ3) is 5.29. The second-order valence-corrected chi connectivity index (χ2v) is 9.33. The van der Waals surface area contributed by atoms with E-state index in [-0.39, 0.29) is 47.8 Å². The molecule has 1 amide bonds. The number of benzene rings is 1. The number of aromatic nitrogens is 2. The quantitative estimate of drug-likeness (QED) is 0.499. The highest BCUT2D eigenvalue weighted by molar-refractivity contribution is 5.96. The average molecular weight is 454 g/mol. The molecule has 2 aromatic rings. The molecule has 2 fully saturated rings. The summed E-state index contributed by atoms with van der Waals surface area (Å²) in [5.74, 6) is -0.0669. The fourth-order valence-corrected chi connectivity index (χ4v) is 4.95. The van der Waals surface area contributed by atoms with E-state index >= 15 is 0 Å². The van der Waals surface area contributed by atoms with Crippen LogP contribution in [0.1, 0.15) is 80.2 Å². The van der Waals surface area contributed by atoms with Crippen molar-refractivity contribution in [3.8, 4) is 11.6 Å². The van der Waals surface area contributed by atoms with Crippen molar-refractivity contribution in [2.75, 3.05) is 19.8 Å². The van der Waals surface area contributed by atoms with Crippen LogP contribution in [0.4, 0.5) is 0 Å². The fraction of sp³-hybridized carbons (Fsp3) is 0.577. The highest BCUT2D eigenvalue weighted by atomic mass is 16.5. The predicted octanol–water partition coefficient (Wildman–Crippen LogP) is 4.01. The lowest BCUT2D eigenvalue weighted by Crippen LogP contribution is -2.36. The molecule has 2 N–H and O–H groups in total. The van der Waals surface area contributed by atoms with E-state index < -0.39 is 0 Å². The zero-order valence-corrected chi connectivity index (χ0v) is 19.5. The molecular weight excluding hydrogens is 418 g/mol. The van der Waals surface area contributed by atoms with Crippen LogP contribution < -0.4 is 4.74 Å². The van der Waals surface area contributed by atoms with Crippen LogP contribution in [0, 0.1) is 0 Å². The van der Waals surface area contributed by atoms with Gasteiger partial charge in [-0.3, -0.25) is 4.79 Å². The van der Waals surface area contributed by atoms with Crippen molar-refractivity contribution >= 4 is 5.91 Å². The Morgan fingerprint density at radius 1 is 1.18 bits per heavy atom. The van der Waals surface area contributed by atoms with E-state index in [1.807, 2.05) is 6.07 Å². The Kier molecular flexibility index (Phi) is 7.48. The number of rotatable bonds is 11.